The van der Waals surface area contributed by atoms with Gasteiger partial charge in [-0.05, 0) is 37.0 Å². The van der Waals surface area contributed by atoms with Gasteiger partial charge < -0.3 is 5.11 Å². The molecule has 0 saturated carbocycles. The van der Waals surface area contributed by atoms with Gasteiger partial charge in [-0.3, -0.25) is 4.79 Å². The number of benzene rings is 1. The topological polar surface area (TPSA) is 37.3 Å². The lowest BCUT2D eigenvalue weighted by Crippen LogP contribution is -2.13. The molecule has 0 fully saturated rings. The normalized spacial score (nSPS) is 12.5. The second kappa shape index (κ2) is 4.27. The van der Waals surface area contributed by atoms with Crippen LogP contribution in [0.25, 0.3) is 0 Å². The van der Waals surface area contributed by atoms with Gasteiger partial charge in [0.1, 0.15) is 0 Å². The molecule has 0 spiro atoms. The van der Waals surface area contributed by atoms with Gasteiger partial charge in [0.05, 0.1) is 5.92 Å². The van der Waals surface area contributed by atoms with Crippen LogP contribution >= 0.6 is 0 Å². The molecule has 0 bridgehead atoms. The van der Waals surface area contributed by atoms with E-state index in [1.165, 1.54) is 11.1 Å². The van der Waals surface area contributed by atoms with Crippen LogP contribution in [-0.2, 0) is 11.2 Å². The van der Waals surface area contributed by atoms with E-state index >= 15 is 0 Å². The molecule has 1 N–H and O–H groups in total. The van der Waals surface area contributed by atoms with Crippen molar-refractivity contribution < 1.29 is 9.90 Å². The Hall–Kier alpha value is -1.31. The molecule has 0 amide bonds. The minimum atomic E-state index is -0.731. The lowest BCUT2D eigenvalue weighted by atomic mass is 9.95. The largest absolute Gasteiger partial charge is 0.481 e. The summed E-state index contributed by atoms with van der Waals surface area (Å²) < 4.78 is 0. The molecule has 0 saturated heterocycles. The molecule has 1 aromatic carbocycles. The molecular formula is C12H16O2. The summed E-state index contributed by atoms with van der Waals surface area (Å²) >= 11 is 0. The predicted molar refractivity (Wildman–Crippen MR) is 56.4 cm³/mol. The number of carboxylic acid groups (broad SMARTS) is 1. The van der Waals surface area contributed by atoms with E-state index in [0.29, 0.717) is 6.42 Å². The number of carbonyl (C=O) groups is 1. The van der Waals surface area contributed by atoms with Crippen molar-refractivity contribution in [3.05, 3.63) is 34.9 Å². The average molecular weight is 192 g/mol. The zero-order chi connectivity index (χ0) is 10.7. The molecular weight excluding hydrogens is 176 g/mol. The van der Waals surface area contributed by atoms with E-state index in [2.05, 4.69) is 0 Å². The van der Waals surface area contributed by atoms with Crippen molar-refractivity contribution in [3.8, 4) is 0 Å². The van der Waals surface area contributed by atoms with Crippen molar-refractivity contribution >= 4 is 5.97 Å². The maximum absolute atomic E-state index is 10.7. The Morgan fingerprint density at radius 3 is 2.64 bits per heavy atom. The molecule has 0 heterocycles. The van der Waals surface area contributed by atoms with Gasteiger partial charge in [0.15, 0.2) is 0 Å². The molecule has 0 aliphatic rings. The van der Waals surface area contributed by atoms with E-state index in [9.17, 15) is 4.79 Å². The van der Waals surface area contributed by atoms with Crippen LogP contribution in [0, 0.1) is 19.8 Å². The van der Waals surface area contributed by atoms with Gasteiger partial charge in [0, 0.05) is 0 Å². The van der Waals surface area contributed by atoms with E-state index < -0.39 is 5.97 Å². The minimum absolute atomic E-state index is 0.310. The van der Waals surface area contributed by atoms with E-state index in [4.69, 9.17) is 5.11 Å². The quantitative estimate of drug-likeness (QED) is 0.799. The van der Waals surface area contributed by atoms with Crippen molar-refractivity contribution in [2.24, 2.45) is 5.92 Å². The van der Waals surface area contributed by atoms with E-state index in [0.717, 1.165) is 5.56 Å². The number of hydrogen-bond donors (Lipinski definition) is 1. The van der Waals surface area contributed by atoms with Crippen LogP contribution in [0.1, 0.15) is 23.6 Å². The van der Waals surface area contributed by atoms with Crippen molar-refractivity contribution in [2.75, 3.05) is 0 Å². The molecule has 0 radical (unpaired) electrons. The average Bonchev–Trinajstić information content (AvgIpc) is 2.12. The molecule has 2 nitrogen and oxygen atoms in total. The summed E-state index contributed by atoms with van der Waals surface area (Å²) in [5, 5.41) is 8.80. The van der Waals surface area contributed by atoms with Crippen LogP contribution in [0.3, 0.4) is 0 Å². The summed E-state index contributed by atoms with van der Waals surface area (Å²) in [5.74, 6) is -1.04. The van der Waals surface area contributed by atoms with Crippen molar-refractivity contribution in [3.63, 3.8) is 0 Å². The Balaban J connectivity index is 2.87. The minimum Gasteiger partial charge on any atom is -0.481 e. The third-order valence-corrected chi connectivity index (χ3v) is 2.66. The van der Waals surface area contributed by atoms with Crippen LogP contribution < -0.4 is 0 Å². The fourth-order valence-corrected chi connectivity index (χ4v) is 1.45. The highest BCUT2D eigenvalue weighted by molar-refractivity contribution is 5.70. The molecule has 1 rings (SSSR count). The van der Waals surface area contributed by atoms with Crippen LogP contribution in [0.5, 0.6) is 0 Å². The molecule has 76 valence electrons. The predicted octanol–water partition coefficient (Wildman–Crippen LogP) is 2.57. The van der Waals surface area contributed by atoms with Crippen molar-refractivity contribution in [1.29, 1.82) is 0 Å². The Labute approximate surface area is 84.6 Å². The first-order valence-electron chi connectivity index (χ1n) is 4.80. The molecule has 0 aliphatic heterocycles. The second-order valence-electron chi connectivity index (χ2n) is 3.80. The maximum atomic E-state index is 10.7. The Morgan fingerprint density at radius 1 is 1.43 bits per heavy atom. The Morgan fingerprint density at radius 2 is 2.07 bits per heavy atom. The first-order valence-corrected chi connectivity index (χ1v) is 4.80. The molecule has 0 aromatic heterocycles. The highest BCUT2D eigenvalue weighted by Gasteiger charge is 2.12. The molecule has 14 heavy (non-hydrogen) atoms. The molecule has 1 unspecified atom stereocenters. The monoisotopic (exact) mass is 192 g/mol. The van der Waals surface area contributed by atoms with E-state index in [1.807, 2.05) is 32.0 Å². The van der Waals surface area contributed by atoms with Gasteiger partial charge in [-0.15, -0.1) is 0 Å². The summed E-state index contributed by atoms with van der Waals surface area (Å²) in [7, 11) is 0. The number of aryl methyl sites for hydroxylation is 1. The fourth-order valence-electron chi connectivity index (χ4n) is 1.45. The number of carboxylic acids is 1. The number of rotatable bonds is 3. The highest BCUT2D eigenvalue weighted by atomic mass is 16.4. The first-order chi connectivity index (χ1) is 6.52. The third-order valence-electron chi connectivity index (χ3n) is 2.66. The Bertz CT molecular complexity index is 342. The highest BCUT2D eigenvalue weighted by Crippen LogP contribution is 2.16. The van der Waals surface area contributed by atoms with Crippen LogP contribution in [0.4, 0.5) is 0 Å². The summed E-state index contributed by atoms with van der Waals surface area (Å²) in [6.07, 6.45) is 0.614. The van der Waals surface area contributed by atoms with Crippen molar-refractivity contribution in [2.45, 2.75) is 27.2 Å². The Kier molecular flexibility index (Phi) is 3.28. The fraction of sp³-hybridized carbons (Fsp3) is 0.417. The van der Waals surface area contributed by atoms with Gasteiger partial charge >= 0.3 is 5.97 Å². The number of hydrogen-bond acceptors (Lipinski definition) is 1. The summed E-state index contributed by atoms with van der Waals surface area (Å²) in [4.78, 5) is 10.7. The lowest BCUT2D eigenvalue weighted by molar-refractivity contribution is -0.141. The third kappa shape index (κ3) is 2.34. The SMILES string of the molecule is Cc1cccc(CC(C)C(=O)O)c1C. The van der Waals surface area contributed by atoms with Gasteiger partial charge in [-0.1, -0.05) is 25.1 Å². The second-order valence-corrected chi connectivity index (χ2v) is 3.80. The zero-order valence-corrected chi connectivity index (χ0v) is 8.87. The van der Waals surface area contributed by atoms with E-state index in [-0.39, 0.29) is 5.92 Å². The summed E-state index contributed by atoms with van der Waals surface area (Å²) in [6.45, 7) is 5.83. The standard InChI is InChI=1S/C12H16O2/c1-8-5-4-6-11(10(8)3)7-9(2)12(13)14/h4-6,9H,7H2,1-3H3,(H,13,14). The summed E-state index contributed by atoms with van der Waals surface area (Å²) in [5.41, 5.74) is 3.57. The first kappa shape index (κ1) is 10.8. The van der Waals surface area contributed by atoms with Gasteiger partial charge in [0.2, 0.25) is 0 Å². The van der Waals surface area contributed by atoms with Gasteiger partial charge in [-0.2, -0.15) is 0 Å². The number of aliphatic carboxylic acids is 1. The smallest absolute Gasteiger partial charge is 0.306 e. The lowest BCUT2D eigenvalue weighted by Gasteiger charge is -2.10. The summed E-state index contributed by atoms with van der Waals surface area (Å²) in [6, 6.07) is 6.03. The van der Waals surface area contributed by atoms with Gasteiger partial charge in [0.25, 0.3) is 0 Å². The van der Waals surface area contributed by atoms with Crippen LogP contribution in [0.15, 0.2) is 18.2 Å². The molecule has 2 heteroatoms. The van der Waals surface area contributed by atoms with E-state index in [1.54, 1.807) is 6.92 Å². The maximum Gasteiger partial charge on any atom is 0.306 e. The molecule has 1 atom stereocenters. The zero-order valence-electron chi connectivity index (χ0n) is 8.87. The van der Waals surface area contributed by atoms with Crippen LogP contribution in [0.2, 0.25) is 0 Å². The molecule has 0 aliphatic carbocycles. The van der Waals surface area contributed by atoms with Gasteiger partial charge in [-0.25, -0.2) is 0 Å². The molecule has 1 aromatic rings. The van der Waals surface area contributed by atoms with Crippen molar-refractivity contribution in [1.82, 2.24) is 0 Å². The van der Waals surface area contributed by atoms with Crippen LogP contribution in [-0.4, -0.2) is 11.1 Å².